The van der Waals surface area contributed by atoms with E-state index in [1.165, 1.54) is 19.4 Å². The maximum absolute atomic E-state index is 13.0. The van der Waals surface area contributed by atoms with E-state index in [0.717, 1.165) is 23.0 Å². The molecular weight excluding hydrogens is 457 g/mol. The van der Waals surface area contributed by atoms with Crippen molar-refractivity contribution >= 4 is 33.3 Å². The van der Waals surface area contributed by atoms with Crippen molar-refractivity contribution in [3.05, 3.63) is 64.3 Å². The first-order valence-electron chi connectivity index (χ1n) is 9.73. The van der Waals surface area contributed by atoms with Crippen LogP contribution in [0.5, 0.6) is 11.5 Å². The summed E-state index contributed by atoms with van der Waals surface area (Å²) in [5.74, 6) is 1.09. The number of aryl methyl sites for hydroxylation is 1. The summed E-state index contributed by atoms with van der Waals surface area (Å²) in [6.07, 6.45) is -3.01. The van der Waals surface area contributed by atoms with Gasteiger partial charge in [0.2, 0.25) is 0 Å². The first kappa shape index (κ1) is 22.6. The summed E-state index contributed by atoms with van der Waals surface area (Å²) in [5.41, 5.74) is 0.362. The molecule has 33 heavy (non-hydrogen) atoms. The van der Waals surface area contributed by atoms with Gasteiger partial charge in [-0.15, -0.1) is 11.3 Å². The molecule has 0 spiro atoms. The molecule has 172 valence electrons. The van der Waals surface area contributed by atoms with E-state index < -0.39 is 17.8 Å². The van der Waals surface area contributed by atoms with Gasteiger partial charge in [0.15, 0.2) is 11.5 Å². The summed E-state index contributed by atoms with van der Waals surface area (Å²) in [6, 6.07) is 9.34. The van der Waals surface area contributed by atoms with Gasteiger partial charge < -0.3 is 14.8 Å². The number of para-hydroxylation sites is 1. The summed E-state index contributed by atoms with van der Waals surface area (Å²) >= 11 is 0.916. The van der Waals surface area contributed by atoms with Crippen LogP contribution in [0.4, 0.5) is 19.0 Å². The molecule has 7 nitrogen and oxygen atoms in total. The molecule has 11 heteroatoms. The van der Waals surface area contributed by atoms with Crippen molar-refractivity contribution in [3.63, 3.8) is 0 Å². The topological polar surface area (TPSA) is 78.3 Å². The number of carbonyl (C=O) groups is 1. The number of hydrogen-bond donors (Lipinski definition) is 1. The summed E-state index contributed by atoms with van der Waals surface area (Å²) in [7, 11) is 3.08. The fourth-order valence-corrected chi connectivity index (χ4v) is 4.53. The number of anilines is 1. The molecule has 4 rings (SSSR count). The molecule has 0 bridgehead atoms. The highest BCUT2D eigenvalue weighted by Gasteiger charge is 2.33. The molecule has 0 atom stereocenters. The predicted octanol–water partition coefficient (Wildman–Crippen LogP) is 5.14. The van der Waals surface area contributed by atoms with Crippen molar-refractivity contribution in [2.75, 3.05) is 19.5 Å². The van der Waals surface area contributed by atoms with Gasteiger partial charge >= 0.3 is 6.18 Å². The predicted molar refractivity (Wildman–Crippen MR) is 118 cm³/mol. The van der Waals surface area contributed by atoms with Crippen LogP contribution in [0.25, 0.3) is 10.2 Å². The molecule has 3 heterocycles. The lowest BCUT2D eigenvalue weighted by Crippen LogP contribution is -2.16. The third-order valence-electron chi connectivity index (χ3n) is 5.06. The number of aromatic nitrogens is 3. The second-order valence-corrected chi connectivity index (χ2v) is 8.08. The number of thiophene rings is 1. The third-order valence-corrected chi connectivity index (χ3v) is 6.26. The van der Waals surface area contributed by atoms with Gasteiger partial charge in [-0.25, -0.2) is 9.67 Å². The third kappa shape index (κ3) is 4.36. The molecule has 0 aliphatic carbocycles. The fourth-order valence-electron chi connectivity index (χ4n) is 3.45. The van der Waals surface area contributed by atoms with E-state index in [2.05, 4.69) is 15.4 Å². The molecule has 1 aromatic carbocycles. The highest BCUT2D eigenvalue weighted by atomic mass is 32.1. The second kappa shape index (κ2) is 8.74. The quantitative estimate of drug-likeness (QED) is 0.417. The van der Waals surface area contributed by atoms with E-state index in [4.69, 9.17) is 9.47 Å². The van der Waals surface area contributed by atoms with E-state index in [1.54, 1.807) is 30.8 Å². The Bertz CT molecular complexity index is 1330. The molecule has 4 aromatic rings. The number of hydrogen-bond acceptors (Lipinski definition) is 6. The normalized spacial score (nSPS) is 11.6. The van der Waals surface area contributed by atoms with Crippen LogP contribution in [-0.4, -0.2) is 34.9 Å². The Kier molecular flexibility index (Phi) is 5.98. The Morgan fingerprint density at radius 2 is 1.94 bits per heavy atom. The molecule has 3 aromatic heterocycles. The maximum atomic E-state index is 13.0. The summed E-state index contributed by atoms with van der Waals surface area (Å²) < 4.78 is 51.3. The Morgan fingerprint density at radius 1 is 1.15 bits per heavy atom. The molecular formula is C22H19F3N4O3S. The van der Waals surface area contributed by atoms with Gasteiger partial charge in [0.1, 0.15) is 16.3 Å². The summed E-state index contributed by atoms with van der Waals surface area (Å²) in [5, 5.41) is 7.56. The Balaban J connectivity index is 1.61. The lowest BCUT2D eigenvalue weighted by atomic mass is 10.1. The van der Waals surface area contributed by atoms with Crippen LogP contribution < -0.4 is 14.8 Å². The van der Waals surface area contributed by atoms with Gasteiger partial charge in [-0.1, -0.05) is 12.1 Å². The van der Waals surface area contributed by atoms with Gasteiger partial charge in [0.25, 0.3) is 5.91 Å². The lowest BCUT2D eigenvalue weighted by molar-refractivity contribution is -0.140. The van der Waals surface area contributed by atoms with Crippen LogP contribution in [0.2, 0.25) is 0 Å². The van der Waals surface area contributed by atoms with Crippen LogP contribution in [0.3, 0.4) is 0 Å². The first-order chi connectivity index (χ1) is 15.7. The Morgan fingerprint density at radius 3 is 2.64 bits per heavy atom. The number of amides is 1. The number of benzene rings is 1. The zero-order chi connectivity index (χ0) is 23.8. The number of methoxy groups -OCH3 is 2. The van der Waals surface area contributed by atoms with Crippen LogP contribution in [0.1, 0.15) is 26.5 Å². The molecule has 0 aliphatic rings. The first-order valence-corrected chi connectivity index (χ1v) is 10.5. The largest absolute Gasteiger partial charge is 0.493 e. The zero-order valence-corrected chi connectivity index (χ0v) is 18.7. The average Bonchev–Trinajstić information content (AvgIpc) is 3.36. The number of ether oxygens (including phenoxy) is 2. The Hall–Kier alpha value is -3.60. The molecule has 0 fully saturated rings. The maximum Gasteiger partial charge on any atom is 0.433 e. The zero-order valence-electron chi connectivity index (χ0n) is 17.9. The summed E-state index contributed by atoms with van der Waals surface area (Å²) in [4.78, 5) is 17.1. The average molecular weight is 476 g/mol. The molecule has 0 unspecified atom stereocenters. The second-order valence-electron chi connectivity index (χ2n) is 7.08. The van der Waals surface area contributed by atoms with Crippen molar-refractivity contribution in [1.29, 1.82) is 0 Å². The molecule has 1 amide bonds. The van der Waals surface area contributed by atoms with E-state index in [-0.39, 0.29) is 9.71 Å². The standard InChI is InChI=1S/C22H19F3N4O3S/c1-12-14-7-8-16(22(23,24)25)27-21(14)33-19(12)20(30)28-17-9-10-26-29(17)11-13-5-4-6-15(31-2)18(13)32-3/h4-10H,11H2,1-3H3,(H,28,30). The molecule has 1 N–H and O–H groups in total. The minimum Gasteiger partial charge on any atom is -0.493 e. The number of alkyl halides is 3. The van der Waals surface area contributed by atoms with E-state index >= 15 is 0 Å². The van der Waals surface area contributed by atoms with Crippen molar-refractivity contribution in [2.45, 2.75) is 19.6 Å². The van der Waals surface area contributed by atoms with E-state index in [0.29, 0.717) is 34.8 Å². The molecule has 0 radical (unpaired) electrons. The van der Waals surface area contributed by atoms with Crippen molar-refractivity contribution in [3.8, 4) is 11.5 Å². The van der Waals surface area contributed by atoms with Crippen molar-refractivity contribution < 1.29 is 27.4 Å². The minimum absolute atomic E-state index is 0.155. The smallest absolute Gasteiger partial charge is 0.433 e. The molecule has 0 saturated heterocycles. The monoisotopic (exact) mass is 476 g/mol. The van der Waals surface area contributed by atoms with Gasteiger partial charge in [0, 0.05) is 17.0 Å². The number of rotatable bonds is 6. The number of carbonyl (C=O) groups excluding carboxylic acids is 1. The SMILES string of the molecule is COc1cccc(Cn2nccc2NC(=O)c2sc3nc(C(F)(F)F)ccc3c2C)c1OC. The number of nitrogens with zero attached hydrogens (tertiary/aromatic N) is 3. The van der Waals surface area contributed by atoms with Crippen LogP contribution in [-0.2, 0) is 12.7 Å². The minimum atomic E-state index is -4.55. The fraction of sp³-hybridized carbons (Fsp3) is 0.227. The molecule has 0 aliphatic heterocycles. The van der Waals surface area contributed by atoms with Crippen LogP contribution in [0.15, 0.2) is 42.6 Å². The van der Waals surface area contributed by atoms with Crippen LogP contribution in [0, 0.1) is 6.92 Å². The number of pyridine rings is 1. The van der Waals surface area contributed by atoms with Gasteiger partial charge in [-0.2, -0.15) is 18.3 Å². The van der Waals surface area contributed by atoms with Gasteiger partial charge in [-0.3, -0.25) is 4.79 Å². The van der Waals surface area contributed by atoms with Crippen LogP contribution >= 0.6 is 11.3 Å². The lowest BCUT2D eigenvalue weighted by Gasteiger charge is -2.14. The number of nitrogens with one attached hydrogen (secondary N) is 1. The summed E-state index contributed by atoms with van der Waals surface area (Å²) in [6.45, 7) is 1.98. The van der Waals surface area contributed by atoms with Gasteiger partial charge in [-0.05, 0) is 30.7 Å². The van der Waals surface area contributed by atoms with Gasteiger partial charge in [0.05, 0.1) is 31.8 Å². The highest BCUT2D eigenvalue weighted by Crippen LogP contribution is 2.35. The van der Waals surface area contributed by atoms with E-state index in [9.17, 15) is 18.0 Å². The number of fused-ring (bicyclic) bond motifs is 1. The van der Waals surface area contributed by atoms with E-state index in [1.807, 2.05) is 12.1 Å². The number of halogens is 3. The highest BCUT2D eigenvalue weighted by molar-refractivity contribution is 7.20. The molecule has 0 saturated carbocycles. The van der Waals surface area contributed by atoms with Crippen molar-refractivity contribution in [1.82, 2.24) is 14.8 Å². The van der Waals surface area contributed by atoms with Crippen molar-refractivity contribution in [2.24, 2.45) is 0 Å². The Labute approximate surface area is 190 Å².